The average molecular weight is 268 g/mol. The lowest BCUT2D eigenvalue weighted by molar-refractivity contribution is -0.0783. The van der Waals surface area contributed by atoms with Gasteiger partial charge in [0, 0.05) is 18.2 Å². The van der Waals surface area contributed by atoms with Crippen molar-refractivity contribution in [3.05, 3.63) is 65.2 Å². The second kappa shape index (κ2) is 6.76. The zero-order valence-corrected chi connectivity index (χ0v) is 11.2. The van der Waals surface area contributed by atoms with Gasteiger partial charge in [0.05, 0.1) is 0 Å². The van der Waals surface area contributed by atoms with E-state index >= 15 is 0 Å². The average Bonchev–Trinajstić information content (AvgIpc) is 2.52. The van der Waals surface area contributed by atoms with Crippen LogP contribution in [0.4, 0.5) is 0 Å². The topological polar surface area (TPSA) is 38.7 Å². The lowest BCUT2D eigenvalue weighted by Crippen LogP contribution is -2.05. The van der Waals surface area contributed by atoms with Crippen molar-refractivity contribution in [2.24, 2.45) is 0 Å². The predicted octanol–water partition coefficient (Wildman–Crippen LogP) is 2.88. The van der Waals surface area contributed by atoms with Gasteiger partial charge < -0.3 is 14.6 Å². The minimum Gasteiger partial charge on any atom is -0.488 e. The van der Waals surface area contributed by atoms with Crippen molar-refractivity contribution in [1.29, 1.82) is 0 Å². The third kappa shape index (κ3) is 3.39. The van der Waals surface area contributed by atoms with Gasteiger partial charge in [-0.3, -0.25) is 0 Å². The van der Waals surface area contributed by atoms with Crippen LogP contribution >= 0.6 is 0 Å². The second-order valence-electron chi connectivity index (χ2n) is 4.26. The van der Waals surface area contributed by atoms with Gasteiger partial charge in [0.2, 0.25) is 0 Å². The van der Waals surface area contributed by atoms with E-state index in [4.69, 9.17) is 15.9 Å². The minimum absolute atomic E-state index is 0.401. The van der Waals surface area contributed by atoms with Crippen LogP contribution in [-0.4, -0.2) is 12.2 Å². The molecule has 0 aliphatic rings. The smallest absolute Gasteiger partial charge is 0.184 e. The van der Waals surface area contributed by atoms with Crippen molar-refractivity contribution in [3.8, 4) is 18.1 Å². The molecule has 2 aromatic rings. The molecule has 1 N–H and O–H groups in total. The maximum Gasteiger partial charge on any atom is 0.184 e. The summed E-state index contributed by atoms with van der Waals surface area (Å²) in [6.07, 6.45) is 4.35. The SMILES string of the molecule is C#Cc1ccc(C(O)OC)c(OCc2ccccc2)c1. The van der Waals surface area contributed by atoms with Crippen LogP contribution in [0.2, 0.25) is 0 Å². The maximum absolute atomic E-state index is 9.82. The van der Waals surface area contributed by atoms with E-state index in [-0.39, 0.29) is 0 Å². The Morgan fingerprint density at radius 1 is 1.20 bits per heavy atom. The summed E-state index contributed by atoms with van der Waals surface area (Å²) in [6, 6.07) is 15.0. The van der Waals surface area contributed by atoms with E-state index in [0.717, 1.165) is 5.56 Å². The molecule has 2 aromatic carbocycles. The van der Waals surface area contributed by atoms with E-state index in [1.54, 1.807) is 18.2 Å². The Balaban J connectivity index is 2.22. The molecule has 1 atom stereocenters. The normalized spacial score (nSPS) is 11.7. The Labute approximate surface area is 118 Å². The molecule has 0 saturated heterocycles. The molecule has 0 fully saturated rings. The predicted molar refractivity (Wildman–Crippen MR) is 77.1 cm³/mol. The molecule has 0 saturated carbocycles. The zero-order valence-electron chi connectivity index (χ0n) is 11.2. The van der Waals surface area contributed by atoms with Gasteiger partial charge in [-0.1, -0.05) is 36.3 Å². The molecule has 0 heterocycles. The first-order chi connectivity index (χ1) is 9.74. The van der Waals surface area contributed by atoms with E-state index in [9.17, 15) is 5.11 Å². The summed E-state index contributed by atoms with van der Waals surface area (Å²) in [7, 11) is 1.43. The Kier molecular flexibility index (Phi) is 4.78. The molecule has 0 radical (unpaired) electrons. The van der Waals surface area contributed by atoms with Crippen LogP contribution in [0.1, 0.15) is 23.0 Å². The number of aliphatic hydroxyl groups is 1. The number of ether oxygens (including phenoxy) is 2. The molecule has 3 heteroatoms. The first kappa shape index (κ1) is 14.1. The number of aliphatic hydroxyl groups excluding tert-OH is 1. The fourth-order valence-corrected chi connectivity index (χ4v) is 1.82. The summed E-state index contributed by atoms with van der Waals surface area (Å²) in [6.45, 7) is 0.401. The highest BCUT2D eigenvalue weighted by Crippen LogP contribution is 2.27. The number of terminal acetylenes is 1. The van der Waals surface area contributed by atoms with Crippen molar-refractivity contribution in [2.75, 3.05) is 7.11 Å². The monoisotopic (exact) mass is 268 g/mol. The highest BCUT2D eigenvalue weighted by Gasteiger charge is 2.13. The third-order valence-electron chi connectivity index (χ3n) is 2.91. The number of rotatable bonds is 5. The number of hydrogen-bond donors (Lipinski definition) is 1. The van der Waals surface area contributed by atoms with Gasteiger partial charge in [-0.2, -0.15) is 0 Å². The standard InChI is InChI=1S/C17H16O3/c1-3-13-9-10-15(17(18)19-2)16(11-13)20-12-14-7-5-4-6-8-14/h1,4-11,17-18H,12H2,2H3. The van der Waals surface area contributed by atoms with Crippen LogP contribution in [0.15, 0.2) is 48.5 Å². The van der Waals surface area contributed by atoms with Crippen LogP contribution in [0, 0.1) is 12.3 Å². The fraction of sp³-hybridized carbons (Fsp3) is 0.176. The molecular weight excluding hydrogens is 252 g/mol. The number of methoxy groups -OCH3 is 1. The highest BCUT2D eigenvalue weighted by atomic mass is 16.6. The molecule has 0 aliphatic heterocycles. The summed E-state index contributed by atoms with van der Waals surface area (Å²) in [4.78, 5) is 0. The first-order valence-electron chi connectivity index (χ1n) is 6.22. The molecule has 102 valence electrons. The van der Waals surface area contributed by atoms with Crippen molar-refractivity contribution in [1.82, 2.24) is 0 Å². The van der Waals surface area contributed by atoms with E-state index in [2.05, 4.69) is 5.92 Å². The summed E-state index contributed by atoms with van der Waals surface area (Å²) in [5.41, 5.74) is 2.29. The highest BCUT2D eigenvalue weighted by molar-refractivity contribution is 5.44. The van der Waals surface area contributed by atoms with E-state index in [1.807, 2.05) is 30.3 Å². The lowest BCUT2D eigenvalue weighted by atomic mass is 10.1. The molecule has 1 unspecified atom stereocenters. The van der Waals surface area contributed by atoms with Crippen LogP contribution in [0.3, 0.4) is 0 Å². The Morgan fingerprint density at radius 2 is 1.95 bits per heavy atom. The fourth-order valence-electron chi connectivity index (χ4n) is 1.82. The molecular formula is C17H16O3. The summed E-state index contributed by atoms with van der Waals surface area (Å²) >= 11 is 0. The number of benzene rings is 2. The van der Waals surface area contributed by atoms with E-state index in [1.165, 1.54) is 7.11 Å². The molecule has 3 nitrogen and oxygen atoms in total. The quantitative estimate of drug-likeness (QED) is 0.669. The van der Waals surface area contributed by atoms with Crippen molar-refractivity contribution >= 4 is 0 Å². The zero-order chi connectivity index (χ0) is 14.4. The van der Waals surface area contributed by atoms with Crippen molar-refractivity contribution in [3.63, 3.8) is 0 Å². The molecule has 0 aliphatic carbocycles. The summed E-state index contributed by atoms with van der Waals surface area (Å²) < 4.78 is 10.7. The van der Waals surface area contributed by atoms with Crippen LogP contribution in [0.5, 0.6) is 5.75 Å². The minimum atomic E-state index is -1.03. The molecule has 0 aromatic heterocycles. The van der Waals surface area contributed by atoms with Crippen LogP contribution in [0.25, 0.3) is 0 Å². The summed E-state index contributed by atoms with van der Waals surface area (Å²) in [5, 5.41) is 9.82. The number of hydrogen-bond acceptors (Lipinski definition) is 3. The van der Waals surface area contributed by atoms with E-state index < -0.39 is 6.29 Å². The van der Waals surface area contributed by atoms with Gasteiger partial charge in [-0.05, 0) is 23.8 Å². The maximum atomic E-state index is 9.82. The summed E-state index contributed by atoms with van der Waals surface area (Å²) in [5.74, 6) is 3.07. The third-order valence-corrected chi connectivity index (χ3v) is 2.91. The van der Waals surface area contributed by atoms with Crippen molar-refractivity contribution < 1.29 is 14.6 Å². The van der Waals surface area contributed by atoms with Gasteiger partial charge in [0.1, 0.15) is 12.4 Å². The Morgan fingerprint density at radius 3 is 2.60 bits per heavy atom. The molecule has 20 heavy (non-hydrogen) atoms. The first-order valence-corrected chi connectivity index (χ1v) is 6.22. The van der Waals surface area contributed by atoms with Gasteiger partial charge in [0.15, 0.2) is 6.29 Å². The largest absolute Gasteiger partial charge is 0.488 e. The van der Waals surface area contributed by atoms with Gasteiger partial charge in [-0.15, -0.1) is 6.42 Å². The van der Waals surface area contributed by atoms with Crippen LogP contribution < -0.4 is 4.74 Å². The Bertz CT molecular complexity index is 599. The Hall–Kier alpha value is -2.28. The molecule has 0 amide bonds. The van der Waals surface area contributed by atoms with Gasteiger partial charge >= 0.3 is 0 Å². The molecule has 2 rings (SSSR count). The molecule has 0 spiro atoms. The van der Waals surface area contributed by atoms with Crippen molar-refractivity contribution in [2.45, 2.75) is 12.9 Å². The van der Waals surface area contributed by atoms with Crippen LogP contribution in [-0.2, 0) is 11.3 Å². The lowest BCUT2D eigenvalue weighted by Gasteiger charge is -2.15. The van der Waals surface area contributed by atoms with Gasteiger partial charge in [-0.25, -0.2) is 0 Å². The van der Waals surface area contributed by atoms with Gasteiger partial charge in [0.25, 0.3) is 0 Å². The molecule has 0 bridgehead atoms. The second-order valence-corrected chi connectivity index (χ2v) is 4.26. The van der Waals surface area contributed by atoms with E-state index in [0.29, 0.717) is 23.5 Å².